The first-order valence-corrected chi connectivity index (χ1v) is 6.82. The minimum Gasteiger partial charge on any atom is -0.480 e. The normalized spacial score (nSPS) is 17.4. The summed E-state index contributed by atoms with van der Waals surface area (Å²) >= 11 is 0. The number of nitrogens with zero attached hydrogens (tertiary/aromatic N) is 1. The Hall–Kier alpha value is -2.05. The topological polar surface area (TPSA) is 107 Å². The molecule has 1 saturated carbocycles. The monoisotopic (exact) mass is 280 g/mol. The number of hydrogen-bond acceptors (Lipinski definition) is 3. The molecule has 0 aliphatic heterocycles. The van der Waals surface area contributed by atoms with Crippen LogP contribution in [0.5, 0.6) is 0 Å². The third-order valence-corrected chi connectivity index (χ3v) is 3.84. The van der Waals surface area contributed by atoms with Crippen molar-refractivity contribution in [3.63, 3.8) is 0 Å². The van der Waals surface area contributed by atoms with E-state index in [0.29, 0.717) is 19.4 Å². The van der Waals surface area contributed by atoms with Gasteiger partial charge < -0.3 is 15.7 Å². The number of carboxylic acid groups (broad SMARTS) is 1. The molecular formula is C13H20N4O3. The fourth-order valence-electron chi connectivity index (χ4n) is 2.54. The minimum atomic E-state index is -1.12. The predicted molar refractivity (Wildman–Crippen MR) is 72.1 cm³/mol. The van der Waals surface area contributed by atoms with Crippen LogP contribution in [0.1, 0.15) is 43.4 Å². The van der Waals surface area contributed by atoms with Crippen molar-refractivity contribution in [1.82, 2.24) is 20.8 Å². The van der Waals surface area contributed by atoms with Crippen molar-refractivity contribution >= 4 is 12.0 Å². The van der Waals surface area contributed by atoms with Crippen LogP contribution in [-0.2, 0) is 11.3 Å². The molecule has 1 aromatic heterocycles. The second-order valence-corrected chi connectivity index (χ2v) is 5.28. The molecule has 0 bridgehead atoms. The van der Waals surface area contributed by atoms with E-state index in [4.69, 9.17) is 0 Å². The molecule has 7 nitrogen and oxygen atoms in total. The van der Waals surface area contributed by atoms with Gasteiger partial charge in [-0.15, -0.1) is 0 Å². The number of urea groups is 1. The van der Waals surface area contributed by atoms with Gasteiger partial charge in [0.05, 0.1) is 6.20 Å². The average molecular weight is 280 g/mol. The van der Waals surface area contributed by atoms with E-state index < -0.39 is 17.5 Å². The zero-order valence-electron chi connectivity index (χ0n) is 11.5. The summed E-state index contributed by atoms with van der Waals surface area (Å²) in [5.74, 6) is -0.952. The maximum Gasteiger partial charge on any atom is 0.329 e. The van der Waals surface area contributed by atoms with Crippen LogP contribution in [0.3, 0.4) is 0 Å². The Labute approximate surface area is 117 Å². The summed E-state index contributed by atoms with van der Waals surface area (Å²) < 4.78 is 0. The van der Waals surface area contributed by atoms with E-state index in [1.165, 1.54) is 0 Å². The van der Waals surface area contributed by atoms with E-state index in [-0.39, 0.29) is 0 Å². The highest BCUT2D eigenvalue weighted by Gasteiger charge is 2.40. The van der Waals surface area contributed by atoms with Crippen molar-refractivity contribution in [3.8, 4) is 0 Å². The largest absolute Gasteiger partial charge is 0.480 e. The lowest BCUT2D eigenvalue weighted by Gasteiger charge is -2.33. The van der Waals surface area contributed by atoms with Gasteiger partial charge in [-0.1, -0.05) is 19.3 Å². The van der Waals surface area contributed by atoms with Gasteiger partial charge in [-0.25, -0.2) is 9.59 Å². The highest BCUT2D eigenvalue weighted by atomic mass is 16.4. The predicted octanol–water partition coefficient (Wildman–Crippen LogP) is 1.30. The van der Waals surface area contributed by atoms with Crippen LogP contribution in [0.2, 0.25) is 0 Å². The van der Waals surface area contributed by atoms with Gasteiger partial charge in [-0.3, -0.25) is 5.10 Å². The number of nitrogens with one attached hydrogen (secondary N) is 3. The van der Waals surface area contributed by atoms with Crippen LogP contribution in [-0.4, -0.2) is 32.8 Å². The Morgan fingerprint density at radius 1 is 1.40 bits per heavy atom. The maximum atomic E-state index is 11.9. The zero-order chi connectivity index (χ0) is 14.6. The number of aryl methyl sites for hydroxylation is 1. The smallest absolute Gasteiger partial charge is 0.329 e. The zero-order valence-corrected chi connectivity index (χ0v) is 11.5. The van der Waals surface area contributed by atoms with Gasteiger partial charge in [-0.05, 0) is 19.8 Å². The Morgan fingerprint density at radius 3 is 2.65 bits per heavy atom. The number of carbonyl (C=O) groups excluding carboxylic acids is 1. The number of carboxylic acids is 1. The standard InChI is InChI=1S/C13H20N4O3/c1-9-10(8-15-17-9)7-14-12(20)16-13(11(18)19)5-3-2-4-6-13/h8H,2-7H2,1H3,(H,15,17)(H,18,19)(H2,14,16,20). The third-order valence-electron chi connectivity index (χ3n) is 3.84. The van der Waals surface area contributed by atoms with Gasteiger partial charge >= 0.3 is 12.0 Å². The Balaban J connectivity index is 1.92. The average Bonchev–Trinajstić information content (AvgIpc) is 2.83. The molecule has 0 radical (unpaired) electrons. The second-order valence-electron chi connectivity index (χ2n) is 5.28. The van der Waals surface area contributed by atoms with Crippen molar-refractivity contribution in [2.24, 2.45) is 0 Å². The van der Waals surface area contributed by atoms with Crippen LogP contribution < -0.4 is 10.6 Å². The van der Waals surface area contributed by atoms with Crippen LogP contribution in [0, 0.1) is 6.92 Å². The van der Waals surface area contributed by atoms with Crippen LogP contribution in [0.15, 0.2) is 6.20 Å². The molecule has 1 fully saturated rings. The van der Waals surface area contributed by atoms with Crippen molar-refractivity contribution in [2.75, 3.05) is 0 Å². The highest BCUT2D eigenvalue weighted by molar-refractivity contribution is 5.86. The SMILES string of the molecule is Cc1[nH]ncc1CNC(=O)NC1(C(=O)O)CCCCC1. The summed E-state index contributed by atoms with van der Waals surface area (Å²) in [6, 6.07) is -0.449. The molecule has 0 spiro atoms. The van der Waals surface area contributed by atoms with Gasteiger partial charge in [0.15, 0.2) is 0 Å². The quantitative estimate of drug-likeness (QED) is 0.667. The molecule has 2 amide bonds. The molecule has 110 valence electrons. The van der Waals surface area contributed by atoms with E-state index in [0.717, 1.165) is 30.5 Å². The first-order valence-electron chi connectivity index (χ1n) is 6.82. The molecule has 1 heterocycles. The van der Waals surface area contributed by atoms with Crippen molar-refractivity contribution in [1.29, 1.82) is 0 Å². The van der Waals surface area contributed by atoms with Crippen LogP contribution in [0.25, 0.3) is 0 Å². The van der Waals surface area contributed by atoms with Gasteiger partial charge in [-0.2, -0.15) is 5.10 Å². The first-order chi connectivity index (χ1) is 9.53. The lowest BCUT2D eigenvalue weighted by atomic mass is 9.82. The van der Waals surface area contributed by atoms with Gasteiger partial charge in [0.1, 0.15) is 5.54 Å². The molecule has 0 saturated heterocycles. The molecule has 1 aliphatic carbocycles. The summed E-state index contributed by atoms with van der Waals surface area (Å²) in [6.45, 7) is 2.19. The molecule has 0 aromatic carbocycles. The number of H-pyrrole nitrogens is 1. The fourth-order valence-corrected chi connectivity index (χ4v) is 2.54. The molecule has 20 heavy (non-hydrogen) atoms. The third kappa shape index (κ3) is 3.09. The van der Waals surface area contributed by atoms with E-state index in [9.17, 15) is 14.7 Å². The first kappa shape index (κ1) is 14.4. The van der Waals surface area contributed by atoms with Crippen LogP contribution >= 0.6 is 0 Å². The number of hydrogen-bond donors (Lipinski definition) is 4. The van der Waals surface area contributed by atoms with E-state index >= 15 is 0 Å². The Bertz CT molecular complexity index is 492. The van der Waals surface area contributed by atoms with E-state index in [1.807, 2.05) is 6.92 Å². The summed E-state index contributed by atoms with van der Waals surface area (Å²) in [5.41, 5.74) is 0.650. The number of aromatic amines is 1. The molecule has 2 rings (SSSR count). The molecule has 0 unspecified atom stereocenters. The summed E-state index contributed by atoms with van der Waals surface area (Å²) in [5, 5.41) is 21.3. The van der Waals surface area contributed by atoms with Crippen molar-refractivity contribution in [2.45, 2.75) is 51.1 Å². The van der Waals surface area contributed by atoms with Crippen molar-refractivity contribution in [3.05, 3.63) is 17.5 Å². The summed E-state index contributed by atoms with van der Waals surface area (Å²) in [7, 11) is 0. The second kappa shape index (κ2) is 5.94. The molecule has 4 N–H and O–H groups in total. The fraction of sp³-hybridized carbons (Fsp3) is 0.615. The molecular weight excluding hydrogens is 260 g/mol. The number of amides is 2. The van der Waals surface area contributed by atoms with Gasteiger partial charge in [0, 0.05) is 17.8 Å². The number of aliphatic carboxylic acids is 1. The van der Waals surface area contributed by atoms with Crippen LogP contribution in [0.4, 0.5) is 4.79 Å². The highest BCUT2D eigenvalue weighted by Crippen LogP contribution is 2.28. The minimum absolute atomic E-state index is 0.323. The lowest BCUT2D eigenvalue weighted by Crippen LogP contribution is -2.57. The molecule has 0 atom stereocenters. The Kier molecular flexibility index (Phi) is 4.26. The van der Waals surface area contributed by atoms with Gasteiger partial charge in [0.25, 0.3) is 0 Å². The molecule has 1 aromatic rings. The summed E-state index contributed by atoms with van der Waals surface area (Å²) in [4.78, 5) is 23.4. The van der Waals surface area contributed by atoms with E-state index in [2.05, 4.69) is 20.8 Å². The number of aromatic nitrogens is 2. The lowest BCUT2D eigenvalue weighted by molar-refractivity contribution is -0.145. The van der Waals surface area contributed by atoms with E-state index in [1.54, 1.807) is 6.20 Å². The number of rotatable bonds is 4. The molecule has 1 aliphatic rings. The van der Waals surface area contributed by atoms with Crippen molar-refractivity contribution < 1.29 is 14.7 Å². The summed E-state index contributed by atoms with van der Waals surface area (Å²) in [6.07, 6.45) is 5.29. The van der Waals surface area contributed by atoms with Gasteiger partial charge in [0.2, 0.25) is 0 Å². The maximum absolute atomic E-state index is 11.9. The number of carbonyl (C=O) groups is 2. The molecule has 7 heteroatoms. The Morgan fingerprint density at radius 2 is 2.10 bits per heavy atom.